The normalized spacial score (nSPS) is 13.5. The van der Waals surface area contributed by atoms with Crippen molar-refractivity contribution in [3.05, 3.63) is 132 Å². The van der Waals surface area contributed by atoms with Crippen LogP contribution in [0, 0.1) is 0 Å². The van der Waals surface area contributed by atoms with E-state index in [0.29, 0.717) is 0 Å². The zero-order valence-electron chi connectivity index (χ0n) is 17.9. The van der Waals surface area contributed by atoms with E-state index in [4.69, 9.17) is 4.74 Å². The lowest BCUT2D eigenvalue weighted by Gasteiger charge is -2.40. The first kappa shape index (κ1) is 20.2. The molecule has 3 heteroatoms. The summed E-state index contributed by atoms with van der Waals surface area (Å²) in [7, 11) is -2.59. The minimum absolute atomic E-state index is 0.951. The SMILES string of the molecule is Brc1cccc(-c2cccc3c2Oc2ccccc2[Si]3(c2ccccc2)c2ccccc2)c1. The molecule has 6 rings (SSSR count). The first-order chi connectivity index (χ1) is 16.3. The maximum absolute atomic E-state index is 6.72. The molecule has 0 spiro atoms. The fourth-order valence-electron chi connectivity index (χ4n) is 5.11. The topological polar surface area (TPSA) is 9.23 Å². The molecule has 1 nitrogen and oxygen atoms in total. The molecular formula is C30H21BrOSi. The van der Waals surface area contributed by atoms with Gasteiger partial charge in [0.15, 0.2) is 8.07 Å². The molecule has 1 aliphatic heterocycles. The van der Waals surface area contributed by atoms with Crippen molar-refractivity contribution in [1.82, 2.24) is 0 Å². The van der Waals surface area contributed by atoms with Crippen molar-refractivity contribution >= 4 is 44.8 Å². The molecule has 1 aliphatic rings. The molecule has 0 bridgehead atoms. The van der Waals surface area contributed by atoms with Crippen LogP contribution in [0.25, 0.3) is 11.1 Å². The van der Waals surface area contributed by atoms with Gasteiger partial charge in [0.2, 0.25) is 0 Å². The van der Waals surface area contributed by atoms with Gasteiger partial charge in [-0.2, -0.15) is 0 Å². The third kappa shape index (κ3) is 3.19. The molecule has 0 atom stereocenters. The highest BCUT2D eigenvalue weighted by molar-refractivity contribution is 9.10. The van der Waals surface area contributed by atoms with Crippen molar-refractivity contribution in [3.8, 4) is 22.6 Å². The van der Waals surface area contributed by atoms with Crippen molar-refractivity contribution in [2.24, 2.45) is 0 Å². The predicted molar refractivity (Wildman–Crippen MR) is 143 cm³/mol. The molecule has 0 N–H and O–H groups in total. The average molecular weight is 505 g/mol. The van der Waals surface area contributed by atoms with Gasteiger partial charge >= 0.3 is 0 Å². The smallest absolute Gasteiger partial charge is 0.188 e. The van der Waals surface area contributed by atoms with Gasteiger partial charge in [0.1, 0.15) is 11.5 Å². The Hall–Kier alpha value is -3.40. The Morgan fingerprint density at radius 3 is 1.85 bits per heavy atom. The molecule has 33 heavy (non-hydrogen) atoms. The van der Waals surface area contributed by atoms with Gasteiger partial charge in [-0.05, 0) is 44.5 Å². The fourth-order valence-corrected chi connectivity index (χ4v) is 10.5. The van der Waals surface area contributed by atoms with Gasteiger partial charge in [-0.3, -0.25) is 0 Å². The molecule has 0 fully saturated rings. The third-order valence-electron chi connectivity index (χ3n) is 6.47. The van der Waals surface area contributed by atoms with Crippen molar-refractivity contribution in [2.45, 2.75) is 0 Å². The number of hydrogen-bond donors (Lipinski definition) is 0. The quantitative estimate of drug-likeness (QED) is 0.285. The minimum Gasteiger partial charge on any atom is -0.457 e. The van der Waals surface area contributed by atoms with Crippen molar-refractivity contribution < 1.29 is 4.74 Å². The molecular weight excluding hydrogens is 484 g/mol. The predicted octanol–water partition coefficient (Wildman–Crippen LogP) is 5.60. The van der Waals surface area contributed by atoms with Gasteiger partial charge in [0.05, 0.1) is 0 Å². The van der Waals surface area contributed by atoms with Crippen LogP contribution in [0.5, 0.6) is 11.5 Å². The fraction of sp³-hybridized carbons (Fsp3) is 0. The van der Waals surface area contributed by atoms with Gasteiger partial charge in [0.25, 0.3) is 0 Å². The van der Waals surface area contributed by atoms with Crippen LogP contribution in [0.15, 0.2) is 132 Å². The highest BCUT2D eigenvalue weighted by Gasteiger charge is 2.48. The lowest BCUT2D eigenvalue weighted by Crippen LogP contribution is -2.76. The minimum atomic E-state index is -2.59. The second-order valence-electron chi connectivity index (χ2n) is 8.27. The monoisotopic (exact) mass is 504 g/mol. The van der Waals surface area contributed by atoms with Crippen molar-refractivity contribution in [2.75, 3.05) is 0 Å². The standard InChI is InChI=1S/C30H21BrOSi/c31-23-12-9-11-22(21-23)26-17-10-20-29-30(26)32-27-18-7-8-19-28(27)33(29,24-13-3-1-4-14-24)25-15-5-2-6-16-25/h1-21H. The summed E-state index contributed by atoms with van der Waals surface area (Å²) in [6.45, 7) is 0. The second-order valence-corrected chi connectivity index (χ2v) is 12.9. The molecule has 0 saturated carbocycles. The maximum Gasteiger partial charge on any atom is 0.188 e. The summed E-state index contributed by atoms with van der Waals surface area (Å²) in [5, 5.41) is 5.30. The van der Waals surface area contributed by atoms with Crippen LogP contribution in [0.4, 0.5) is 0 Å². The summed E-state index contributed by atoms with van der Waals surface area (Å²) in [5.74, 6) is 1.92. The van der Waals surface area contributed by atoms with Crippen LogP contribution >= 0.6 is 15.9 Å². The molecule has 158 valence electrons. The Bertz CT molecular complexity index is 1410. The average Bonchev–Trinajstić information content (AvgIpc) is 2.88. The summed E-state index contributed by atoms with van der Waals surface area (Å²) < 4.78 is 7.78. The van der Waals surface area contributed by atoms with Gasteiger partial charge in [-0.15, -0.1) is 0 Å². The Morgan fingerprint density at radius 1 is 0.545 bits per heavy atom. The van der Waals surface area contributed by atoms with Crippen LogP contribution < -0.4 is 25.5 Å². The lowest BCUT2D eigenvalue weighted by atomic mass is 10.0. The third-order valence-corrected chi connectivity index (χ3v) is 11.8. The van der Waals surface area contributed by atoms with E-state index in [0.717, 1.165) is 27.1 Å². The largest absolute Gasteiger partial charge is 0.457 e. The number of halogens is 1. The number of fused-ring (bicyclic) bond motifs is 2. The zero-order valence-corrected chi connectivity index (χ0v) is 20.5. The van der Waals surface area contributed by atoms with E-state index in [1.165, 1.54) is 20.7 Å². The molecule has 0 radical (unpaired) electrons. The van der Waals surface area contributed by atoms with E-state index in [1.807, 2.05) is 0 Å². The molecule has 0 saturated heterocycles. The summed E-state index contributed by atoms with van der Waals surface area (Å²) in [6, 6.07) is 45.6. The highest BCUT2D eigenvalue weighted by Crippen LogP contribution is 2.37. The first-order valence-corrected chi connectivity index (χ1v) is 13.9. The van der Waals surface area contributed by atoms with E-state index in [1.54, 1.807) is 0 Å². The Kier molecular flexibility index (Phi) is 5.01. The van der Waals surface area contributed by atoms with Gasteiger partial charge < -0.3 is 4.74 Å². The van der Waals surface area contributed by atoms with Crippen molar-refractivity contribution in [3.63, 3.8) is 0 Å². The molecule has 5 aromatic rings. The van der Waals surface area contributed by atoms with Crippen LogP contribution in [-0.4, -0.2) is 8.07 Å². The number of rotatable bonds is 3. The molecule has 0 unspecified atom stereocenters. The highest BCUT2D eigenvalue weighted by atomic mass is 79.9. The number of ether oxygens (including phenoxy) is 1. The van der Waals surface area contributed by atoms with Gasteiger partial charge in [-0.25, -0.2) is 0 Å². The summed E-state index contributed by atoms with van der Waals surface area (Å²) >= 11 is 3.65. The van der Waals surface area contributed by atoms with E-state index < -0.39 is 8.07 Å². The van der Waals surface area contributed by atoms with Gasteiger partial charge in [0, 0.05) is 10.0 Å². The Labute approximate surface area is 203 Å². The van der Waals surface area contributed by atoms with E-state index in [2.05, 4.69) is 143 Å². The molecule has 5 aromatic carbocycles. The molecule has 1 heterocycles. The van der Waals surface area contributed by atoms with Crippen LogP contribution in [0.3, 0.4) is 0 Å². The molecule has 0 aromatic heterocycles. The van der Waals surface area contributed by atoms with Crippen LogP contribution in [0.2, 0.25) is 0 Å². The number of benzene rings is 5. The van der Waals surface area contributed by atoms with Gasteiger partial charge in [-0.1, -0.05) is 125 Å². The van der Waals surface area contributed by atoms with Crippen molar-refractivity contribution in [1.29, 1.82) is 0 Å². The summed E-state index contributed by atoms with van der Waals surface area (Å²) in [4.78, 5) is 0. The maximum atomic E-state index is 6.72. The lowest BCUT2D eigenvalue weighted by molar-refractivity contribution is 0.489. The van der Waals surface area contributed by atoms with E-state index in [9.17, 15) is 0 Å². The number of para-hydroxylation sites is 2. The van der Waals surface area contributed by atoms with E-state index in [-0.39, 0.29) is 0 Å². The first-order valence-electron chi connectivity index (χ1n) is 11.1. The Morgan fingerprint density at radius 2 is 1.15 bits per heavy atom. The van der Waals surface area contributed by atoms with Crippen LogP contribution in [-0.2, 0) is 0 Å². The van der Waals surface area contributed by atoms with Crippen LogP contribution in [0.1, 0.15) is 0 Å². The molecule has 0 aliphatic carbocycles. The van der Waals surface area contributed by atoms with E-state index >= 15 is 0 Å². The summed E-state index contributed by atoms with van der Waals surface area (Å²) in [6.07, 6.45) is 0. The molecule has 0 amide bonds. The second kappa shape index (κ2) is 8.18. The number of hydrogen-bond acceptors (Lipinski definition) is 1. The summed E-state index contributed by atoms with van der Waals surface area (Å²) in [5.41, 5.74) is 2.26. The zero-order chi connectivity index (χ0) is 22.3. The Balaban J connectivity index is 1.76.